The molecule has 90 valence electrons. The van der Waals surface area contributed by atoms with Gasteiger partial charge in [0, 0.05) is 16.5 Å². The molecule has 0 amide bonds. The highest BCUT2D eigenvalue weighted by molar-refractivity contribution is 6.35. The first kappa shape index (κ1) is 12.4. The van der Waals surface area contributed by atoms with Crippen molar-refractivity contribution in [3.8, 4) is 0 Å². The van der Waals surface area contributed by atoms with Gasteiger partial charge in [0.2, 0.25) is 11.8 Å². The predicted molar refractivity (Wildman–Crippen MR) is 64.4 cm³/mol. The van der Waals surface area contributed by atoms with Crippen molar-refractivity contribution >= 4 is 23.2 Å². The maximum atomic E-state index is 8.73. The minimum absolute atomic E-state index is 0.0106. The van der Waals surface area contributed by atoms with E-state index in [1.807, 2.05) is 6.07 Å². The van der Waals surface area contributed by atoms with E-state index < -0.39 is 0 Å². The van der Waals surface area contributed by atoms with E-state index in [0.717, 1.165) is 5.56 Å². The molecule has 0 saturated heterocycles. The molecule has 1 aromatic heterocycles. The maximum Gasteiger partial charge on any atom is 0.220 e. The highest BCUT2D eigenvalue weighted by atomic mass is 35.5. The quantitative estimate of drug-likeness (QED) is 0.929. The van der Waals surface area contributed by atoms with E-state index in [9.17, 15) is 0 Å². The number of aliphatic hydroxyl groups excluding tert-OH is 1. The third kappa shape index (κ3) is 3.19. The standard InChI is InChI=1S/C11H10Cl2N2O2/c12-8-2-1-7(9(13)6-8)5-11-15-14-10(17-11)3-4-16/h1-2,6,16H,3-5H2. The fourth-order valence-corrected chi connectivity index (χ4v) is 1.86. The van der Waals surface area contributed by atoms with Crippen molar-refractivity contribution in [2.75, 3.05) is 6.61 Å². The Morgan fingerprint density at radius 3 is 2.65 bits per heavy atom. The second-order valence-electron chi connectivity index (χ2n) is 3.48. The van der Waals surface area contributed by atoms with Gasteiger partial charge >= 0.3 is 0 Å². The average molecular weight is 273 g/mol. The largest absolute Gasteiger partial charge is 0.425 e. The number of hydrogen-bond acceptors (Lipinski definition) is 4. The summed E-state index contributed by atoms with van der Waals surface area (Å²) in [7, 11) is 0. The van der Waals surface area contributed by atoms with E-state index in [-0.39, 0.29) is 6.61 Å². The van der Waals surface area contributed by atoms with Crippen LogP contribution in [0.1, 0.15) is 17.3 Å². The van der Waals surface area contributed by atoms with Gasteiger partial charge in [-0.1, -0.05) is 29.3 Å². The Morgan fingerprint density at radius 1 is 1.18 bits per heavy atom. The number of benzene rings is 1. The van der Waals surface area contributed by atoms with Crippen LogP contribution in [0, 0.1) is 0 Å². The van der Waals surface area contributed by atoms with Gasteiger partial charge in [-0.05, 0) is 17.7 Å². The van der Waals surface area contributed by atoms with Gasteiger partial charge < -0.3 is 9.52 Å². The third-order valence-electron chi connectivity index (χ3n) is 2.19. The summed E-state index contributed by atoms with van der Waals surface area (Å²) in [5.41, 5.74) is 0.871. The van der Waals surface area contributed by atoms with Crippen molar-refractivity contribution in [3.05, 3.63) is 45.6 Å². The number of hydrogen-bond donors (Lipinski definition) is 1. The molecule has 0 spiro atoms. The molecule has 17 heavy (non-hydrogen) atoms. The van der Waals surface area contributed by atoms with E-state index in [0.29, 0.717) is 34.7 Å². The Labute approximate surface area is 108 Å². The molecule has 6 heteroatoms. The molecule has 0 aliphatic heterocycles. The second-order valence-corrected chi connectivity index (χ2v) is 4.32. The molecule has 0 aliphatic rings. The molecule has 0 atom stereocenters. The first-order valence-corrected chi connectivity index (χ1v) is 5.80. The van der Waals surface area contributed by atoms with Gasteiger partial charge in [0.1, 0.15) is 0 Å². The van der Waals surface area contributed by atoms with E-state index in [1.165, 1.54) is 0 Å². The highest BCUT2D eigenvalue weighted by Gasteiger charge is 2.09. The van der Waals surface area contributed by atoms with Crippen molar-refractivity contribution in [1.82, 2.24) is 10.2 Å². The van der Waals surface area contributed by atoms with Gasteiger partial charge in [-0.2, -0.15) is 0 Å². The molecule has 2 aromatic rings. The Bertz CT molecular complexity index is 514. The van der Waals surface area contributed by atoms with Gasteiger partial charge in [-0.25, -0.2) is 0 Å². The molecule has 0 unspecified atom stereocenters. The van der Waals surface area contributed by atoms with Gasteiger partial charge in [0.15, 0.2) is 0 Å². The first-order valence-electron chi connectivity index (χ1n) is 5.05. The lowest BCUT2D eigenvalue weighted by Gasteiger charge is -2.01. The minimum atomic E-state index is -0.0106. The summed E-state index contributed by atoms with van der Waals surface area (Å²) in [6.07, 6.45) is 0.815. The summed E-state index contributed by atoms with van der Waals surface area (Å²) in [4.78, 5) is 0. The lowest BCUT2D eigenvalue weighted by molar-refractivity contribution is 0.283. The first-order chi connectivity index (χ1) is 8.19. The van der Waals surface area contributed by atoms with Crippen LogP contribution in [0.5, 0.6) is 0 Å². The zero-order valence-corrected chi connectivity index (χ0v) is 10.4. The Morgan fingerprint density at radius 2 is 1.94 bits per heavy atom. The molecule has 0 aliphatic carbocycles. The van der Waals surface area contributed by atoms with Crippen LogP contribution >= 0.6 is 23.2 Å². The zero-order valence-electron chi connectivity index (χ0n) is 8.86. The van der Waals surface area contributed by atoms with Gasteiger partial charge in [0.25, 0.3) is 0 Å². The summed E-state index contributed by atoms with van der Waals surface area (Å²) in [5.74, 6) is 0.894. The van der Waals surface area contributed by atoms with Gasteiger partial charge in [-0.3, -0.25) is 0 Å². The molecular weight excluding hydrogens is 263 g/mol. The van der Waals surface area contributed by atoms with Crippen molar-refractivity contribution in [2.24, 2.45) is 0 Å². The Hall–Kier alpha value is -1.10. The fourth-order valence-electron chi connectivity index (χ4n) is 1.38. The van der Waals surface area contributed by atoms with Crippen LogP contribution in [0.25, 0.3) is 0 Å². The van der Waals surface area contributed by atoms with Crippen molar-refractivity contribution in [3.63, 3.8) is 0 Å². The zero-order chi connectivity index (χ0) is 12.3. The van der Waals surface area contributed by atoms with Crippen molar-refractivity contribution in [2.45, 2.75) is 12.8 Å². The Balaban J connectivity index is 2.13. The molecule has 0 fully saturated rings. The molecule has 0 radical (unpaired) electrons. The highest BCUT2D eigenvalue weighted by Crippen LogP contribution is 2.23. The molecule has 1 N–H and O–H groups in total. The maximum absolute atomic E-state index is 8.73. The van der Waals surface area contributed by atoms with Crippen molar-refractivity contribution < 1.29 is 9.52 Å². The lowest BCUT2D eigenvalue weighted by Crippen LogP contribution is -1.90. The molecule has 1 aromatic carbocycles. The molecule has 4 nitrogen and oxygen atoms in total. The number of halogens is 2. The topological polar surface area (TPSA) is 59.2 Å². The molecule has 0 bridgehead atoms. The number of nitrogens with zero attached hydrogens (tertiary/aromatic N) is 2. The SMILES string of the molecule is OCCc1nnc(Cc2ccc(Cl)cc2Cl)o1. The smallest absolute Gasteiger partial charge is 0.220 e. The second kappa shape index (κ2) is 5.49. The van der Waals surface area contributed by atoms with E-state index in [1.54, 1.807) is 12.1 Å². The fraction of sp³-hybridized carbons (Fsp3) is 0.273. The third-order valence-corrected chi connectivity index (χ3v) is 2.78. The van der Waals surface area contributed by atoms with E-state index >= 15 is 0 Å². The predicted octanol–water partition coefficient (Wildman–Crippen LogP) is 2.50. The summed E-state index contributed by atoms with van der Waals surface area (Å²) in [6.45, 7) is -0.0106. The Kier molecular flexibility index (Phi) is 3.99. The number of aromatic nitrogens is 2. The van der Waals surface area contributed by atoms with E-state index in [2.05, 4.69) is 10.2 Å². The van der Waals surface area contributed by atoms with E-state index in [4.69, 9.17) is 32.7 Å². The molecule has 2 rings (SSSR count). The number of aliphatic hydroxyl groups is 1. The minimum Gasteiger partial charge on any atom is -0.425 e. The van der Waals surface area contributed by atoms with Crippen LogP contribution in [-0.2, 0) is 12.8 Å². The molecule has 1 heterocycles. The van der Waals surface area contributed by atoms with Gasteiger partial charge in [0.05, 0.1) is 13.0 Å². The van der Waals surface area contributed by atoms with Crippen molar-refractivity contribution in [1.29, 1.82) is 0 Å². The lowest BCUT2D eigenvalue weighted by atomic mass is 10.1. The summed E-state index contributed by atoms with van der Waals surface area (Å²) >= 11 is 11.8. The molecule has 0 saturated carbocycles. The summed E-state index contributed by atoms with van der Waals surface area (Å²) in [5, 5.41) is 17.6. The summed E-state index contributed by atoms with van der Waals surface area (Å²) in [6, 6.07) is 5.25. The van der Waals surface area contributed by atoms with Crippen LogP contribution in [0.2, 0.25) is 10.0 Å². The van der Waals surface area contributed by atoms with Crippen LogP contribution in [0.4, 0.5) is 0 Å². The average Bonchev–Trinajstić information content (AvgIpc) is 2.71. The van der Waals surface area contributed by atoms with Crippen LogP contribution in [-0.4, -0.2) is 21.9 Å². The summed E-state index contributed by atoms with van der Waals surface area (Å²) < 4.78 is 5.34. The molecular formula is C11H10Cl2N2O2. The number of rotatable bonds is 4. The normalized spacial score (nSPS) is 10.8. The monoisotopic (exact) mass is 272 g/mol. The van der Waals surface area contributed by atoms with Gasteiger partial charge in [-0.15, -0.1) is 10.2 Å². The van der Waals surface area contributed by atoms with Crippen LogP contribution in [0.3, 0.4) is 0 Å². The van der Waals surface area contributed by atoms with Crippen LogP contribution in [0.15, 0.2) is 22.6 Å². The van der Waals surface area contributed by atoms with Crippen LogP contribution < -0.4 is 0 Å².